The number of esters is 2. The average Bonchev–Trinajstić information content (AvgIpc) is 3.13. The maximum atomic E-state index is 13.5. The Balaban J connectivity index is 2.40. The summed E-state index contributed by atoms with van der Waals surface area (Å²) in [7, 11) is 2.28. The standard InChI is InChI=1S/C20H16F2N2O4/c1-27-19(25)15-16(13-10-6-7-11-14(13)18(21)22)23-24(17(15)20(26)28-2)12-8-4-3-5-9-12/h3-11,18H,1-2H3. The van der Waals surface area contributed by atoms with E-state index >= 15 is 0 Å². The first-order valence-corrected chi connectivity index (χ1v) is 8.22. The van der Waals surface area contributed by atoms with Crippen molar-refractivity contribution in [1.29, 1.82) is 0 Å². The molecule has 0 saturated carbocycles. The minimum Gasteiger partial charge on any atom is -0.465 e. The van der Waals surface area contributed by atoms with Gasteiger partial charge in [0, 0.05) is 11.1 Å². The molecule has 2 aromatic carbocycles. The molecule has 0 amide bonds. The highest BCUT2D eigenvalue weighted by atomic mass is 19.3. The number of methoxy groups -OCH3 is 2. The SMILES string of the molecule is COC(=O)c1c(-c2ccccc2C(F)F)nn(-c2ccccc2)c1C(=O)OC. The van der Waals surface area contributed by atoms with Crippen molar-refractivity contribution in [1.82, 2.24) is 9.78 Å². The molecule has 3 aromatic rings. The zero-order chi connectivity index (χ0) is 20.3. The molecule has 6 nitrogen and oxygen atoms in total. The Labute approximate surface area is 159 Å². The molecular weight excluding hydrogens is 370 g/mol. The minimum absolute atomic E-state index is 0.0257. The van der Waals surface area contributed by atoms with Crippen molar-refractivity contribution in [3.8, 4) is 16.9 Å². The van der Waals surface area contributed by atoms with Gasteiger partial charge < -0.3 is 9.47 Å². The molecule has 0 atom stereocenters. The predicted molar refractivity (Wildman–Crippen MR) is 96.6 cm³/mol. The zero-order valence-corrected chi connectivity index (χ0v) is 15.1. The van der Waals surface area contributed by atoms with Crippen molar-refractivity contribution in [2.75, 3.05) is 14.2 Å². The summed E-state index contributed by atoms with van der Waals surface area (Å²) >= 11 is 0. The maximum Gasteiger partial charge on any atom is 0.357 e. The van der Waals surface area contributed by atoms with Gasteiger partial charge in [-0.05, 0) is 12.1 Å². The highest BCUT2D eigenvalue weighted by molar-refractivity contribution is 6.07. The number of hydrogen-bond acceptors (Lipinski definition) is 5. The Morgan fingerprint density at radius 1 is 0.929 bits per heavy atom. The van der Waals surface area contributed by atoms with E-state index in [2.05, 4.69) is 5.10 Å². The van der Waals surface area contributed by atoms with Crippen molar-refractivity contribution in [3.05, 3.63) is 71.4 Å². The number of ether oxygens (including phenoxy) is 2. The fourth-order valence-electron chi connectivity index (χ4n) is 2.85. The van der Waals surface area contributed by atoms with Crippen molar-refractivity contribution in [2.24, 2.45) is 0 Å². The molecule has 0 fully saturated rings. The summed E-state index contributed by atoms with van der Waals surface area (Å²) in [6.45, 7) is 0. The van der Waals surface area contributed by atoms with E-state index in [1.165, 1.54) is 22.9 Å². The summed E-state index contributed by atoms with van der Waals surface area (Å²) in [6.07, 6.45) is -2.80. The van der Waals surface area contributed by atoms with Gasteiger partial charge in [-0.1, -0.05) is 42.5 Å². The number of rotatable bonds is 5. The number of hydrogen-bond donors (Lipinski definition) is 0. The van der Waals surface area contributed by atoms with Crippen LogP contribution in [0.25, 0.3) is 16.9 Å². The van der Waals surface area contributed by atoms with Crippen LogP contribution in [0.5, 0.6) is 0 Å². The second kappa shape index (κ2) is 7.99. The van der Waals surface area contributed by atoms with Crippen LogP contribution < -0.4 is 0 Å². The summed E-state index contributed by atoms with van der Waals surface area (Å²) in [4.78, 5) is 25.0. The first kappa shape index (κ1) is 19.2. The quantitative estimate of drug-likeness (QED) is 0.619. The number of benzene rings is 2. The van der Waals surface area contributed by atoms with Gasteiger partial charge in [-0.3, -0.25) is 0 Å². The van der Waals surface area contributed by atoms with E-state index in [9.17, 15) is 18.4 Å². The second-order valence-corrected chi connectivity index (χ2v) is 5.69. The lowest BCUT2D eigenvalue weighted by Crippen LogP contribution is -2.15. The molecule has 0 saturated heterocycles. The molecule has 144 valence electrons. The molecule has 3 rings (SSSR count). The van der Waals surface area contributed by atoms with Gasteiger partial charge in [0.25, 0.3) is 6.43 Å². The van der Waals surface area contributed by atoms with Gasteiger partial charge in [-0.15, -0.1) is 0 Å². The van der Waals surface area contributed by atoms with Gasteiger partial charge in [0.15, 0.2) is 5.69 Å². The van der Waals surface area contributed by atoms with Gasteiger partial charge in [-0.2, -0.15) is 5.10 Å². The van der Waals surface area contributed by atoms with Crippen LogP contribution in [0.2, 0.25) is 0 Å². The fourth-order valence-corrected chi connectivity index (χ4v) is 2.85. The molecule has 0 spiro atoms. The summed E-state index contributed by atoms with van der Waals surface area (Å²) < 4.78 is 37.9. The van der Waals surface area contributed by atoms with E-state index in [-0.39, 0.29) is 28.1 Å². The maximum absolute atomic E-state index is 13.5. The lowest BCUT2D eigenvalue weighted by Gasteiger charge is -2.08. The van der Waals surface area contributed by atoms with Crippen LogP contribution in [-0.2, 0) is 9.47 Å². The molecule has 28 heavy (non-hydrogen) atoms. The highest BCUT2D eigenvalue weighted by Crippen LogP contribution is 2.35. The van der Waals surface area contributed by atoms with Crippen molar-refractivity contribution < 1.29 is 27.8 Å². The smallest absolute Gasteiger partial charge is 0.357 e. The molecule has 0 aliphatic carbocycles. The van der Waals surface area contributed by atoms with E-state index in [0.717, 1.165) is 14.2 Å². The molecule has 0 unspecified atom stereocenters. The van der Waals surface area contributed by atoms with Gasteiger partial charge in [0.1, 0.15) is 11.3 Å². The number of carbonyl (C=O) groups is 2. The average molecular weight is 386 g/mol. The lowest BCUT2D eigenvalue weighted by molar-refractivity contribution is 0.0549. The predicted octanol–water partition coefficient (Wildman–Crippen LogP) is 4.05. The Bertz CT molecular complexity index is 1020. The molecule has 0 aliphatic heterocycles. The van der Waals surface area contributed by atoms with E-state index in [4.69, 9.17) is 9.47 Å². The van der Waals surface area contributed by atoms with Gasteiger partial charge in [0.05, 0.1) is 19.9 Å². The highest BCUT2D eigenvalue weighted by Gasteiger charge is 2.32. The Hall–Kier alpha value is -3.55. The number of aromatic nitrogens is 2. The number of alkyl halides is 2. The monoisotopic (exact) mass is 386 g/mol. The third-order valence-corrected chi connectivity index (χ3v) is 4.11. The van der Waals surface area contributed by atoms with Crippen LogP contribution >= 0.6 is 0 Å². The Morgan fingerprint density at radius 2 is 1.54 bits per heavy atom. The third kappa shape index (κ3) is 3.36. The molecule has 8 heteroatoms. The second-order valence-electron chi connectivity index (χ2n) is 5.69. The molecule has 0 aliphatic rings. The topological polar surface area (TPSA) is 70.4 Å². The lowest BCUT2D eigenvalue weighted by atomic mass is 10.0. The van der Waals surface area contributed by atoms with Crippen LogP contribution in [0, 0.1) is 0 Å². The summed E-state index contributed by atoms with van der Waals surface area (Å²) in [6, 6.07) is 14.1. The summed E-state index contributed by atoms with van der Waals surface area (Å²) in [5.74, 6) is -1.74. The van der Waals surface area contributed by atoms with Crippen molar-refractivity contribution in [2.45, 2.75) is 6.43 Å². The number of halogens is 2. The zero-order valence-electron chi connectivity index (χ0n) is 15.1. The normalized spacial score (nSPS) is 10.8. The van der Waals surface area contributed by atoms with E-state index in [1.54, 1.807) is 36.4 Å². The van der Waals surface area contributed by atoms with Gasteiger partial charge in [-0.25, -0.2) is 23.1 Å². The molecule has 1 aromatic heterocycles. The van der Waals surface area contributed by atoms with E-state index in [0.29, 0.717) is 5.69 Å². The Morgan fingerprint density at radius 3 is 2.14 bits per heavy atom. The molecule has 1 heterocycles. The van der Waals surface area contributed by atoms with Crippen LogP contribution in [0.15, 0.2) is 54.6 Å². The van der Waals surface area contributed by atoms with E-state index < -0.39 is 18.4 Å². The molecular formula is C20H16F2N2O4. The van der Waals surface area contributed by atoms with Gasteiger partial charge >= 0.3 is 11.9 Å². The molecule has 0 N–H and O–H groups in total. The molecule has 0 radical (unpaired) electrons. The number of nitrogens with zero attached hydrogens (tertiary/aromatic N) is 2. The number of para-hydroxylation sites is 1. The van der Waals surface area contributed by atoms with Gasteiger partial charge in [0.2, 0.25) is 0 Å². The third-order valence-electron chi connectivity index (χ3n) is 4.11. The molecule has 0 bridgehead atoms. The van der Waals surface area contributed by atoms with Crippen LogP contribution in [0.1, 0.15) is 32.8 Å². The Kier molecular flexibility index (Phi) is 5.49. The number of carbonyl (C=O) groups excluding carboxylic acids is 2. The van der Waals surface area contributed by atoms with Crippen molar-refractivity contribution >= 4 is 11.9 Å². The largest absolute Gasteiger partial charge is 0.465 e. The first-order chi connectivity index (χ1) is 13.5. The fraction of sp³-hybridized carbons (Fsp3) is 0.150. The van der Waals surface area contributed by atoms with E-state index in [1.807, 2.05) is 0 Å². The minimum atomic E-state index is -2.80. The van der Waals surface area contributed by atoms with Crippen molar-refractivity contribution in [3.63, 3.8) is 0 Å². The van der Waals surface area contributed by atoms with Crippen LogP contribution in [0.4, 0.5) is 8.78 Å². The first-order valence-electron chi connectivity index (χ1n) is 8.22. The summed E-state index contributed by atoms with van der Waals surface area (Å²) in [5, 5.41) is 4.31. The van der Waals surface area contributed by atoms with Crippen LogP contribution in [-0.4, -0.2) is 35.9 Å². The van der Waals surface area contributed by atoms with Crippen LogP contribution in [0.3, 0.4) is 0 Å². The summed E-state index contributed by atoms with van der Waals surface area (Å²) in [5.41, 5.74) is -0.383.